The highest BCUT2D eigenvalue weighted by Crippen LogP contribution is 2.30. The minimum atomic E-state index is -4.36. The molecule has 0 saturated carbocycles. The molecule has 4 rings (SSSR count). The molecular weight excluding hydrogens is 397 g/mol. The molecule has 9 heteroatoms. The quantitative estimate of drug-likeness (QED) is 0.703. The van der Waals surface area contributed by atoms with Gasteiger partial charge in [-0.05, 0) is 44.5 Å². The summed E-state index contributed by atoms with van der Waals surface area (Å²) in [7, 11) is 0. The van der Waals surface area contributed by atoms with Crippen molar-refractivity contribution in [3.8, 4) is 11.4 Å². The summed E-state index contributed by atoms with van der Waals surface area (Å²) in [6.07, 6.45) is 0.272. The monoisotopic (exact) mass is 424 g/mol. The third kappa shape index (κ3) is 5.39. The lowest BCUT2D eigenvalue weighted by Gasteiger charge is -2.36. The van der Waals surface area contributed by atoms with Crippen molar-refractivity contribution in [3.63, 3.8) is 0 Å². The molecule has 0 N–H and O–H groups in total. The zero-order valence-electron chi connectivity index (χ0n) is 16.9. The fourth-order valence-corrected chi connectivity index (χ4v) is 4.17. The maximum Gasteiger partial charge on any atom is 0.416 e. The van der Waals surface area contributed by atoms with Crippen LogP contribution < -0.4 is 0 Å². The first kappa shape index (κ1) is 21.3. The van der Waals surface area contributed by atoms with Crippen molar-refractivity contribution >= 4 is 0 Å². The van der Waals surface area contributed by atoms with Gasteiger partial charge in [0.2, 0.25) is 11.7 Å². The van der Waals surface area contributed by atoms with Crippen LogP contribution >= 0.6 is 0 Å². The molecule has 2 aliphatic rings. The highest BCUT2D eigenvalue weighted by molar-refractivity contribution is 5.54. The van der Waals surface area contributed by atoms with Crippen LogP contribution in [-0.4, -0.2) is 65.4 Å². The van der Waals surface area contributed by atoms with Crippen LogP contribution in [0.4, 0.5) is 13.2 Å². The summed E-state index contributed by atoms with van der Waals surface area (Å²) in [6.45, 7) is 6.23. The second kappa shape index (κ2) is 9.45. The average Bonchev–Trinajstić information content (AvgIpc) is 3.22. The first-order chi connectivity index (χ1) is 14.5. The number of piperidine rings is 1. The summed E-state index contributed by atoms with van der Waals surface area (Å²) in [4.78, 5) is 9.27. The Hall–Kier alpha value is -1.97. The van der Waals surface area contributed by atoms with Crippen molar-refractivity contribution in [2.45, 2.75) is 44.4 Å². The van der Waals surface area contributed by atoms with Crippen LogP contribution in [0.25, 0.3) is 11.4 Å². The number of hydrogen-bond donors (Lipinski definition) is 0. The number of ether oxygens (including phenoxy) is 1. The van der Waals surface area contributed by atoms with Gasteiger partial charge in [-0.15, -0.1) is 0 Å². The van der Waals surface area contributed by atoms with Gasteiger partial charge in [0.1, 0.15) is 0 Å². The maximum atomic E-state index is 12.7. The van der Waals surface area contributed by atoms with Crippen LogP contribution in [0.1, 0.15) is 37.1 Å². The van der Waals surface area contributed by atoms with E-state index in [1.165, 1.54) is 18.6 Å². The molecule has 0 bridgehead atoms. The molecule has 3 heterocycles. The SMILES string of the molecule is FC(F)(F)c1ccc(-c2noc(CN3CCCC[C@H]3CCN3CCOCC3)n2)cc1. The molecule has 1 atom stereocenters. The highest BCUT2D eigenvalue weighted by atomic mass is 19.4. The van der Waals surface area contributed by atoms with Crippen molar-refractivity contribution in [2.75, 3.05) is 39.4 Å². The molecule has 2 aliphatic heterocycles. The lowest BCUT2D eigenvalue weighted by molar-refractivity contribution is -0.137. The van der Waals surface area contributed by atoms with Gasteiger partial charge in [-0.3, -0.25) is 9.80 Å². The van der Waals surface area contributed by atoms with Crippen molar-refractivity contribution in [1.29, 1.82) is 0 Å². The number of morpholine rings is 1. The fraction of sp³-hybridized carbons (Fsp3) is 0.619. The van der Waals surface area contributed by atoms with Crippen LogP contribution in [0, 0.1) is 0 Å². The Morgan fingerprint density at radius 3 is 2.53 bits per heavy atom. The molecule has 0 radical (unpaired) electrons. The van der Waals surface area contributed by atoms with Gasteiger partial charge < -0.3 is 9.26 Å². The predicted octanol–water partition coefficient (Wildman–Crippen LogP) is 3.83. The molecule has 164 valence electrons. The van der Waals surface area contributed by atoms with Crippen LogP contribution in [0.5, 0.6) is 0 Å². The number of nitrogens with zero attached hydrogens (tertiary/aromatic N) is 4. The van der Waals surface area contributed by atoms with E-state index in [9.17, 15) is 13.2 Å². The Bertz CT molecular complexity index is 803. The van der Waals surface area contributed by atoms with Gasteiger partial charge in [-0.1, -0.05) is 23.7 Å². The molecule has 2 fully saturated rings. The molecule has 0 aliphatic carbocycles. The van der Waals surface area contributed by atoms with Gasteiger partial charge in [-0.2, -0.15) is 18.2 Å². The number of rotatable bonds is 6. The first-order valence-electron chi connectivity index (χ1n) is 10.5. The molecule has 6 nitrogen and oxygen atoms in total. The lowest BCUT2D eigenvalue weighted by atomic mass is 9.99. The van der Waals surface area contributed by atoms with Gasteiger partial charge in [0.05, 0.1) is 25.3 Å². The summed E-state index contributed by atoms with van der Waals surface area (Å²) < 4.78 is 49.0. The summed E-state index contributed by atoms with van der Waals surface area (Å²) in [5.74, 6) is 0.823. The third-order valence-corrected chi connectivity index (χ3v) is 5.91. The standard InChI is InChI=1S/C21H27F3N4O2/c22-21(23,24)17-6-4-16(5-7-17)20-25-19(30-26-20)15-28-9-2-1-3-18(28)8-10-27-11-13-29-14-12-27/h4-7,18H,1-3,8-15H2/t18-/m0/s1. The summed E-state index contributed by atoms with van der Waals surface area (Å²) >= 11 is 0. The molecule has 0 unspecified atom stereocenters. The van der Waals surface area contributed by atoms with E-state index in [1.807, 2.05) is 0 Å². The molecular formula is C21H27F3N4O2. The Morgan fingerprint density at radius 2 is 1.80 bits per heavy atom. The first-order valence-corrected chi connectivity index (χ1v) is 10.5. The van der Waals surface area contributed by atoms with Crippen LogP contribution in [0.3, 0.4) is 0 Å². The Morgan fingerprint density at radius 1 is 1.03 bits per heavy atom. The third-order valence-electron chi connectivity index (χ3n) is 5.91. The van der Waals surface area contributed by atoms with Crippen molar-refractivity contribution in [2.24, 2.45) is 0 Å². The molecule has 30 heavy (non-hydrogen) atoms. The van der Waals surface area contributed by atoms with E-state index in [-0.39, 0.29) is 0 Å². The fourth-order valence-electron chi connectivity index (χ4n) is 4.17. The summed E-state index contributed by atoms with van der Waals surface area (Å²) in [5.41, 5.74) is -0.174. The van der Waals surface area contributed by atoms with Gasteiger partial charge >= 0.3 is 6.18 Å². The Kier molecular flexibility index (Phi) is 6.70. The van der Waals surface area contributed by atoms with Crippen molar-refractivity contribution < 1.29 is 22.4 Å². The second-order valence-electron chi connectivity index (χ2n) is 7.95. The number of alkyl halides is 3. The van der Waals surface area contributed by atoms with E-state index in [0.29, 0.717) is 29.9 Å². The van der Waals surface area contributed by atoms with E-state index >= 15 is 0 Å². The normalized spacial score (nSPS) is 21.8. The van der Waals surface area contributed by atoms with E-state index < -0.39 is 11.7 Å². The Balaban J connectivity index is 1.36. The van der Waals surface area contributed by atoms with E-state index in [4.69, 9.17) is 9.26 Å². The largest absolute Gasteiger partial charge is 0.416 e. The molecule has 1 aromatic carbocycles. The highest BCUT2D eigenvalue weighted by Gasteiger charge is 2.30. The van der Waals surface area contributed by atoms with Crippen LogP contribution in [-0.2, 0) is 17.5 Å². The zero-order valence-corrected chi connectivity index (χ0v) is 16.9. The van der Waals surface area contributed by atoms with Crippen molar-refractivity contribution in [1.82, 2.24) is 19.9 Å². The minimum Gasteiger partial charge on any atom is -0.379 e. The van der Waals surface area contributed by atoms with Gasteiger partial charge in [0.25, 0.3) is 0 Å². The predicted molar refractivity (Wildman–Crippen MR) is 105 cm³/mol. The van der Waals surface area contributed by atoms with E-state index in [2.05, 4.69) is 19.9 Å². The number of hydrogen-bond acceptors (Lipinski definition) is 6. The molecule has 1 aromatic heterocycles. The van der Waals surface area contributed by atoms with E-state index in [1.54, 1.807) is 0 Å². The maximum absolute atomic E-state index is 12.7. The topological polar surface area (TPSA) is 54.6 Å². The molecule has 0 spiro atoms. The Labute approximate surface area is 174 Å². The minimum absolute atomic E-state index is 0.320. The smallest absolute Gasteiger partial charge is 0.379 e. The van der Waals surface area contributed by atoms with Gasteiger partial charge in [0, 0.05) is 24.7 Å². The molecule has 2 saturated heterocycles. The molecule has 0 amide bonds. The number of likely N-dealkylation sites (tertiary alicyclic amines) is 1. The van der Waals surface area contributed by atoms with Crippen LogP contribution in [0.15, 0.2) is 28.8 Å². The van der Waals surface area contributed by atoms with Crippen molar-refractivity contribution in [3.05, 3.63) is 35.7 Å². The number of benzene rings is 1. The van der Waals surface area contributed by atoms with E-state index in [0.717, 1.165) is 70.8 Å². The second-order valence-corrected chi connectivity index (χ2v) is 7.95. The number of halogens is 3. The average molecular weight is 424 g/mol. The van der Waals surface area contributed by atoms with Gasteiger partial charge in [0.15, 0.2) is 0 Å². The van der Waals surface area contributed by atoms with Gasteiger partial charge in [-0.25, -0.2) is 0 Å². The number of aromatic nitrogens is 2. The summed E-state index contributed by atoms with van der Waals surface area (Å²) in [5, 5.41) is 3.97. The zero-order chi connectivity index (χ0) is 21.0. The summed E-state index contributed by atoms with van der Waals surface area (Å²) in [6, 6.07) is 5.31. The molecule has 2 aromatic rings. The lowest BCUT2D eigenvalue weighted by Crippen LogP contribution is -2.43. The van der Waals surface area contributed by atoms with Crippen LogP contribution in [0.2, 0.25) is 0 Å².